The summed E-state index contributed by atoms with van der Waals surface area (Å²) in [6.45, 7) is 10.8. The lowest BCUT2D eigenvalue weighted by molar-refractivity contribution is 0.127. The fourth-order valence-electron chi connectivity index (χ4n) is 3.72. The SMILES string of the molecule is CCOCCC1CN(C2=c3ncccc3=CNc3sc(C(C)C)nc32)CCN1. The zero-order chi connectivity index (χ0) is 19.5. The summed E-state index contributed by atoms with van der Waals surface area (Å²) in [5.41, 5.74) is 2.19. The molecule has 0 bridgehead atoms. The smallest absolute Gasteiger partial charge is 0.124 e. The third kappa shape index (κ3) is 3.92. The Morgan fingerprint density at radius 2 is 2.29 bits per heavy atom. The molecule has 4 rings (SSSR count). The molecule has 28 heavy (non-hydrogen) atoms. The minimum absolute atomic E-state index is 0.408. The van der Waals surface area contributed by atoms with Crippen LogP contribution in [-0.2, 0) is 4.74 Å². The average Bonchev–Trinajstić information content (AvgIpc) is 3.06. The molecule has 1 saturated heterocycles. The van der Waals surface area contributed by atoms with Crippen LogP contribution in [0.5, 0.6) is 0 Å². The highest BCUT2D eigenvalue weighted by molar-refractivity contribution is 7.16. The first-order chi connectivity index (χ1) is 13.7. The number of nitrogens with zero attached hydrogens (tertiary/aromatic N) is 3. The maximum atomic E-state index is 5.58. The van der Waals surface area contributed by atoms with E-state index in [1.165, 1.54) is 0 Å². The van der Waals surface area contributed by atoms with E-state index in [0.29, 0.717) is 12.0 Å². The molecule has 1 unspecified atom stereocenters. The Bertz CT molecular complexity index is 939. The molecule has 1 atom stereocenters. The van der Waals surface area contributed by atoms with E-state index in [4.69, 9.17) is 14.7 Å². The van der Waals surface area contributed by atoms with Crippen LogP contribution < -0.4 is 21.2 Å². The summed E-state index contributed by atoms with van der Waals surface area (Å²) in [5, 5.41) is 11.5. The zero-order valence-electron chi connectivity index (χ0n) is 16.9. The number of nitrogens with one attached hydrogen (secondary N) is 2. The Hall–Kier alpha value is -1.96. The van der Waals surface area contributed by atoms with E-state index in [1.54, 1.807) is 11.3 Å². The van der Waals surface area contributed by atoms with Gasteiger partial charge in [0.15, 0.2) is 0 Å². The molecular formula is C21H29N5OS. The largest absolute Gasteiger partial charge is 0.382 e. The van der Waals surface area contributed by atoms with Crippen LogP contribution in [-0.4, -0.2) is 53.8 Å². The third-order valence-corrected chi connectivity index (χ3v) is 6.46. The number of thiazole rings is 1. The van der Waals surface area contributed by atoms with Crippen LogP contribution in [0, 0.1) is 0 Å². The van der Waals surface area contributed by atoms with Crippen molar-refractivity contribution >= 4 is 28.2 Å². The van der Waals surface area contributed by atoms with Gasteiger partial charge in [-0.15, -0.1) is 11.3 Å². The lowest BCUT2D eigenvalue weighted by atomic mass is 10.1. The summed E-state index contributed by atoms with van der Waals surface area (Å²) in [4.78, 5) is 12.3. The number of aromatic nitrogens is 2. The molecule has 2 aliphatic heterocycles. The van der Waals surface area contributed by atoms with E-state index < -0.39 is 0 Å². The highest BCUT2D eigenvalue weighted by atomic mass is 32.1. The minimum Gasteiger partial charge on any atom is -0.382 e. The van der Waals surface area contributed by atoms with Crippen LogP contribution >= 0.6 is 11.3 Å². The van der Waals surface area contributed by atoms with Crippen molar-refractivity contribution in [1.29, 1.82) is 0 Å². The standard InChI is InChI=1S/C21H29N5OS/c1-4-27-11-7-16-13-26(10-9-22-16)19-17-15(6-5-8-23-17)12-24-21-18(19)25-20(28-21)14(2)3/h5-6,8,12,14,16,22,24H,4,7,9-11,13H2,1-3H3. The maximum absolute atomic E-state index is 5.58. The Morgan fingerprint density at radius 3 is 3.11 bits per heavy atom. The van der Waals surface area contributed by atoms with Crippen molar-refractivity contribution in [3.8, 4) is 0 Å². The summed E-state index contributed by atoms with van der Waals surface area (Å²) in [6.07, 6.45) is 4.95. The van der Waals surface area contributed by atoms with Crippen LogP contribution in [0.25, 0.3) is 11.9 Å². The van der Waals surface area contributed by atoms with Crippen molar-refractivity contribution < 1.29 is 4.74 Å². The van der Waals surface area contributed by atoms with Gasteiger partial charge in [-0.1, -0.05) is 13.8 Å². The molecule has 2 aromatic rings. The maximum Gasteiger partial charge on any atom is 0.124 e. The second-order valence-electron chi connectivity index (χ2n) is 7.55. The van der Waals surface area contributed by atoms with Crippen LogP contribution in [0.1, 0.15) is 43.8 Å². The Morgan fingerprint density at radius 1 is 1.39 bits per heavy atom. The predicted octanol–water partition coefficient (Wildman–Crippen LogP) is 1.68. The molecule has 0 aromatic carbocycles. The number of fused-ring (bicyclic) bond motifs is 2. The van der Waals surface area contributed by atoms with Gasteiger partial charge in [0, 0.05) is 62.4 Å². The molecule has 1 fully saturated rings. The van der Waals surface area contributed by atoms with Crippen LogP contribution in [0.15, 0.2) is 18.3 Å². The second-order valence-corrected chi connectivity index (χ2v) is 8.58. The summed E-state index contributed by atoms with van der Waals surface area (Å²) < 4.78 is 5.58. The third-order valence-electron chi connectivity index (χ3n) is 5.17. The van der Waals surface area contributed by atoms with Gasteiger partial charge in [-0.25, -0.2) is 4.98 Å². The number of piperazine rings is 1. The molecule has 6 nitrogen and oxygen atoms in total. The fourth-order valence-corrected chi connectivity index (χ4v) is 4.66. The first kappa shape index (κ1) is 19.4. The Balaban J connectivity index is 1.75. The molecular weight excluding hydrogens is 370 g/mol. The first-order valence-corrected chi connectivity index (χ1v) is 11.0. The molecule has 0 radical (unpaired) electrons. The van der Waals surface area contributed by atoms with Gasteiger partial charge in [-0.3, -0.25) is 4.98 Å². The highest BCUT2D eigenvalue weighted by Gasteiger charge is 2.27. The van der Waals surface area contributed by atoms with Gasteiger partial charge in [0.25, 0.3) is 0 Å². The molecule has 0 amide bonds. The van der Waals surface area contributed by atoms with Crippen molar-refractivity contribution in [2.45, 2.75) is 39.2 Å². The summed E-state index contributed by atoms with van der Waals surface area (Å²) >= 11 is 1.75. The van der Waals surface area contributed by atoms with E-state index in [2.05, 4.69) is 41.6 Å². The molecule has 150 valence electrons. The lowest BCUT2D eigenvalue weighted by Gasteiger charge is -2.36. The summed E-state index contributed by atoms with van der Waals surface area (Å²) in [6, 6.07) is 4.51. The average molecular weight is 400 g/mol. The van der Waals surface area contributed by atoms with E-state index in [9.17, 15) is 0 Å². The van der Waals surface area contributed by atoms with Gasteiger partial charge in [-0.05, 0) is 25.5 Å². The molecule has 0 aliphatic carbocycles. The lowest BCUT2D eigenvalue weighted by Crippen LogP contribution is -2.52. The molecule has 0 spiro atoms. The number of anilines is 1. The monoisotopic (exact) mass is 399 g/mol. The topological polar surface area (TPSA) is 62.3 Å². The van der Waals surface area contributed by atoms with Gasteiger partial charge in [-0.2, -0.15) is 0 Å². The van der Waals surface area contributed by atoms with Gasteiger partial charge in [0.2, 0.25) is 0 Å². The molecule has 2 N–H and O–H groups in total. The van der Waals surface area contributed by atoms with Crippen molar-refractivity contribution in [1.82, 2.24) is 20.2 Å². The van der Waals surface area contributed by atoms with Gasteiger partial charge < -0.3 is 20.3 Å². The first-order valence-electron chi connectivity index (χ1n) is 10.2. The molecule has 4 heterocycles. The molecule has 0 saturated carbocycles. The second kappa shape index (κ2) is 8.59. The van der Waals surface area contributed by atoms with Gasteiger partial charge in [0.1, 0.15) is 10.7 Å². The number of rotatable bonds is 6. The van der Waals surface area contributed by atoms with Crippen molar-refractivity contribution in [3.63, 3.8) is 0 Å². The van der Waals surface area contributed by atoms with E-state index in [0.717, 1.165) is 71.2 Å². The Kier molecular flexibility index (Phi) is 5.94. The quantitative estimate of drug-likeness (QED) is 0.721. The predicted molar refractivity (Wildman–Crippen MR) is 115 cm³/mol. The van der Waals surface area contributed by atoms with Crippen LogP contribution in [0.4, 0.5) is 5.00 Å². The normalized spacial score (nSPS) is 18.9. The van der Waals surface area contributed by atoms with Crippen molar-refractivity contribution in [2.24, 2.45) is 0 Å². The van der Waals surface area contributed by atoms with E-state index in [1.807, 2.05) is 19.2 Å². The number of ether oxygens (including phenoxy) is 1. The molecule has 2 aliphatic rings. The minimum atomic E-state index is 0.408. The van der Waals surface area contributed by atoms with E-state index >= 15 is 0 Å². The number of hydrogen-bond donors (Lipinski definition) is 2. The van der Waals surface area contributed by atoms with Crippen molar-refractivity contribution in [2.75, 3.05) is 38.2 Å². The van der Waals surface area contributed by atoms with Gasteiger partial charge in [0.05, 0.1) is 16.1 Å². The van der Waals surface area contributed by atoms with Crippen molar-refractivity contribution in [3.05, 3.63) is 39.6 Å². The molecule has 7 heteroatoms. The highest BCUT2D eigenvalue weighted by Crippen LogP contribution is 2.34. The zero-order valence-corrected chi connectivity index (χ0v) is 17.7. The van der Waals surface area contributed by atoms with E-state index in [-0.39, 0.29) is 0 Å². The fraction of sp³-hybridized carbons (Fsp3) is 0.524. The summed E-state index contributed by atoms with van der Waals surface area (Å²) in [7, 11) is 0. The van der Waals surface area contributed by atoms with Gasteiger partial charge >= 0.3 is 0 Å². The van der Waals surface area contributed by atoms with Crippen LogP contribution in [0.3, 0.4) is 0 Å². The Labute approximate surface area is 170 Å². The molecule has 2 aromatic heterocycles. The number of hydrogen-bond acceptors (Lipinski definition) is 7. The summed E-state index contributed by atoms with van der Waals surface area (Å²) in [5.74, 6) is 0.408. The van der Waals surface area contributed by atoms with Crippen LogP contribution in [0.2, 0.25) is 0 Å². The number of pyridine rings is 1.